The molecular formula is C15H22FN3O. The van der Waals surface area contributed by atoms with Crippen LogP contribution in [0.15, 0.2) is 24.3 Å². The van der Waals surface area contributed by atoms with Gasteiger partial charge in [0.25, 0.3) is 0 Å². The Hall–Kier alpha value is -1.62. The van der Waals surface area contributed by atoms with Gasteiger partial charge in [0, 0.05) is 18.3 Å². The van der Waals surface area contributed by atoms with Gasteiger partial charge in [-0.3, -0.25) is 0 Å². The van der Waals surface area contributed by atoms with Crippen molar-refractivity contribution in [2.24, 2.45) is 5.92 Å². The van der Waals surface area contributed by atoms with Crippen molar-refractivity contribution in [3.8, 4) is 0 Å². The number of rotatable bonds is 4. The summed E-state index contributed by atoms with van der Waals surface area (Å²) in [6.45, 7) is 3.78. The smallest absolute Gasteiger partial charge is 0.319 e. The van der Waals surface area contributed by atoms with Crippen molar-refractivity contribution in [2.45, 2.75) is 32.2 Å². The molecule has 1 aromatic carbocycles. The fraction of sp³-hybridized carbons (Fsp3) is 0.533. The molecule has 110 valence electrons. The molecule has 1 aliphatic rings. The number of benzene rings is 1. The molecule has 0 saturated carbocycles. The Labute approximate surface area is 119 Å². The van der Waals surface area contributed by atoms with Gasteiger partial charge in [-0.1, -0.05) is 19.4 Å². The quantitative estimate of drug-likeness (QED) is 0.793. The molecular weight excluding hydrogens is 257 g/mol. The number of carbonyl (C=O) groups is 1. The molecule has 1 aliphatic heterocycles. The summed E-state index contributed by atoms with van der Waals surface area (Å²) in [4.78, 5) is 11.8. The molecule has 0 bridgehead atoms. The van der Waals surface area contributed by atoms with Crippen LogP contribution in [0.3, 0.4) is 0 Å². The number of nitrogens with one attached hydrogen (secondary N) is 3. The normalized spacial score (nSPS) is 22.3. The summed E-state index contributed by atoms with van der Waals surface area (Å²) < 4.78 is 13.0. The van der Waals surface area contributed by atoms with E-state index in [-0.39, 0.29) is 11.8 Å². The van der Waals surface area contributed by atoms with Crippen LogP contribution in [-0.4, -0.2) is 25.2 Å². The van der Waals surface area contributed by atoms with Crippen LogP contribution in [0.25, 0.3) is 0 Å². The Morgan fingerprint density at radius 1 is 1.50 bits per heavy atom. The van der Waals surface area contributed by atoms with Gasteiger partial charge in [0.15, 0.2) is 0 Å². The van der Waals surface area contributed by atoms with Crippen molar-refractivity contribution < 1.29 is 9.18 Å². The average Bonchev–Trinajstić information content (AvgIpc) is 2.45. The minimum atomic E-state index is -0.359. The van der Waals surface area contributed by atoms with Gasteiger partial charge in [0.1, 0.15) is 5.82 Å². The van der Waals surface area contributed by atoms with Crippen LogP contribution in [0.2, 0.25) is 0 Å². The maximum atomic E-state index is 13.0. The fourth-order valence-electron chi connectivity index (χ4n) is 2.69. The van der Waals surface area contributed by atoms with E-state index in [4.69, 9.17) is 0 Å². The third kappa shape index (κ3) is 4.20. The van der Waals surface area contributed by atoms with E-state index in [1.807, 2.05) is 0 Å². The van der Waals surface area contributed by atoms with Gasteiger partial charge in [-0.15, -0.1) is 0 Å². The van der Waals surface area contributed by atoms with Gasteiger partial charge in [0.2, 0.25) is 0 Å². The molecule has 4 nitrogen and oxygen atoms in total. The Morgan fingerprint density at radius 3 is 3.10 bits per heavy atom. The zero-order valence-corrected chi connectivity index (χ0v) is 11.8. The highest BCUT2D eigenvalue weighted by Crippen LogP contribution is 2.19. The molecule has 1 fully saturated rings. The first kappa shape index (κ1) is 14.8. The summed E-state index contributed by atoms with van der Waals surface area (Å²) in [5.74, 6) is 0.251. The Kier molecular flexibility index (Phi) is 5.35. The fourth-order valence-corrected chi connectivity index (χ4v) is 2.69. The summed E-state index contributed by atoms with van der Waals surface area (Å²) in [6.07, 6.45) is 3.52. The summed E-state index contributed by atoms with van der Waals surface area (Å²) in [5, 5.41) is 8.93. The van der Waals surface area contributed by atoms with E-state index in [1.165, 1.54) is 25.0 Å². The molecule has 0 radical (unpaired) electrons. The zero-order valence-electron chi connectivity index (χ0n) is 11.8. The Balaban J connectivity index is 1.79. The number of piperidine rings is 1. The van der Waals surface area contributed by atoms with Gasteiger partial charge in [0.05, 0.1) is 0 Å². The van der Waals surface area contributed by atoms with Crippen molar-refractivity contribution in [3.05, 3.63) is 30.1 Å². The van der Waals surface area contributed by atoms with E-state index in [0.717, 1.165) is 13.0 Å². The molecule has 1 aromatic rings. The first-order chi connectivity index (χ1) is 9.69. The van der Waals surface area contributed by atoms with Crippen LogP contribution >= 0.6 is 0 Å². The van der Waals surface area contributed by atoms with Crippen LogP contribution in [0.4, 0.5) is 14.9 Å². The topological polar surface area (TPSA) is 53.2 Å². The highest BCUT2D eigenvalue weighted by Gasteiger charge is 2.23. The standard InChI is InChI=1S/C15H22FN3O/c1-2-11-5-4-8-17-14(11)10-18-15(20)19-13-7-3-6-12(16)9-13/h3,6-7,9,11,14,17H,2,4-5,8,10H2,1H3,(H2,18,19,20). The monoisotopic (exact) mass is 279 g/mol. The van der Waals surface area contributed by atoms with Gasteiger partial charge in [-0.05, 0) is 43.5 Å². The van der Waals surface area contributed by atoms with Crippen molar-refractivity contribution in [1.29, 1.82) is 0 Å². The zero-order chi connectivity index (χ0) is 14.4. The van der Waals surface area contributed by atoms with E-state index in [2.05, 4.69) is 22.9 Å². The molecule has 3 N–H and O–H groups in total. The number of urea groups is 1. The second-order valence-corrected chi connectivity index (χ2v) is 5.22. The van der Waals surface area contributed by atoms with Crippen LogP contribution in [-0.2, 0) is 0 Å². The lowest BCUT2D eigenvalue weighted by atomic mass is 9.89. The number of hydrogen-bond donors (Lipinski definition) is 3. The van der Waals surface area contributed by atoms with E-state index in [1.54, 1.807) is 12.1 Å². The number of anilines is 1. The van der Waals surface area contributed by atoms with Crippen LogP contribution in [0, 0.1) is 11.7 Å². The number of halogens is 1. The van der Waals surface area contributed by atoms with E-state index in [0.29, 0.717) is 24.2 Å². The Morgan fingerprint density at radius 2 is 2.35 bits per heavy atom. The first-order valence-electron chi connectivity index (χ1n) is 7.23. The van der Waals surface area contributed by atoms with Crippen molar-refractivity contribution in [3.63, 3.8) is 0 Å². The van der Waals surface area contributed by atoms with Crippen LogP contribution in [0.1, 0.15) is 26.2 Å². The van der Waals surface area contributed by atoms with E-state index in [9.17, 15) is 9.18 Å². The lowest BCUT2D eigenvalue weighted by Crippen LogP contribution is -2.49. The van der Waals surface area contributed by atoms with Crippen molar-refractivity contribution in [1.82, 2.24) is 10.6 Å². The highest BCUT2D eigenvalue weighted by atomic mass is 19.1. The molecule has 2 rings (SSSR count). The van der Waals surface area contributed by atoms with E-state index >= 15 is 0 Å². The molecule has 2 unspecified atom stereocenters. The van der Waals surface area contributed by atoms with Crippen LogP contribution < -0.4 is 16.0 Å². The maximum absolute atomic E-state index is 13.0. The van der Waals surface area contributed by atoms with Crippen molar-refractivity contribution >= 4 is 11.7 Å². The second-order valence-electron chi connectivity index (χ2n) is 5.22. The molecule has 5 heteroatoms. The lowest BCUT2D eigenvalue weighted by Gasteiger charge is -2.32. The summed E-state index contributed by atoms with van der Waals surface area (Å²) in [5.41, 5.74) is 0.464. The summed E-state index contributed by atoms with van der Waals surface area (Å²) in [6, 6.07) is 5.91. The molecule has 0 aliphatic carbocycles. The number of hydrogen-bond acceptors (Lipinski definition) is 2. The molecule has 2 amide bonds. The predicted octanol–water partition coefficient (Wildman–Crippen LogP) is 2.73. The minimum absolute atomic E-state index is 0.294. The van der Waals surface area contributed by atoms with Gasteiger partial charge < -0.3 is 16.0 Å². The number of carbonyl (C=O) groups excluding carboxylic acids is 1. The molecule has 1 heterocycles. The maximum Gasteiger partial charge on any atom is 0.319 e. The SMILES string of the molecule is CCC1CCCNC1CNC(=O)Nc1cccc(F)c1. The van der Waals surface area contributed by atoms with Gasteiger partial charge in [-0.25, -0.2) is 9.18 Å². The average molecular weight is 279 g/mol. The summed E-state index contributed by atoms with van der Waals surface area (Å²) >= 11 is 0. The first-order valence-corrected chi connectivity index (χ1v) is 7.23. The molecule has 2 atom stereocenters. The molecule has 1 saturated heterocycles. The van der Waals surface area contributed by atoms with Gasteiger partial charge >= 0.3 is 6.03 Å². The molecule has 0 spiro atoms. The van der Waals surface area contributed by atoms with Gasteiger partial charge in [-0.2, -0.15) is 0 Å². The Bertz CT molecular complexity index is 452. The van der Waals surface area contributed by atoms with Crippen LogP contribution in [0.5, 0.6) is 0 Å². The molecule has 20 heavy (non-hydrogen) atoms. The summed E-state index contributed by atoms with van der Waals surface area (Å²) in [7, 11) is 0. The van der Waals surface area contributed by atoms with Crippen molar-refractivity contribution in [2.75, 3.05) is 18.4 Å². The third-order valence-electron chi connectivity index (χ3n) is 3.82. The lowest BCUT2D eigenvalue weighted by molar-refractivity contribution is 0.239. The minimum Gasteiger partial charge on any atom is -0.336 e. The largest absolute Gasteiger partial charge is 0.336 e. The molecule has 0 aromatic heterocycles. The third-order valence-corrected chi connectivity index (χ3v) is 3.82. The highest BCUT2D eigenvalue weighted by molar-refractivity contribution is 5.89. The number of amides is 2. The predicted molar refractivity (Wildman–Crippen MR) is 78.2 cm³/mol. The second kappa shape index (κ2) is 7.24. The van der Waals surface area contributed by atoms with E-state index < -0.39 is 0 Å².